The number of halogens is 3. The molecule has 17 heavy (non-hydrogen) atoms. The van der Waals surface area contributed by atoms with Gasteiger partial charge in [-0.05, 0) is 24.7 Å². The molecule has 1 aliphatic carbocycles. The van der Waals surface area contributed by atoms with Crippen LogP contribution < -0.4 is 11.3 Å². The van der Waals surface area contributed by atoms with Crippen LogP contribution in [0.2, 0.25) is 0 Å². The predicted molar refractivity (Wildman–Crippen MR) is 62.1 cm³/mol. The molecule has 0 aromatic heterocycles. The highest BCUT2D eigenvalue weighted by Crippen LogP contribution is 2.36. The summed E-state index contributed by atoms with van der Waals surface area (Å²) >= 11 is 0. The van der Waals surface area contributed by atoms with Crippen molar-refractivity contribution in [1.29, 1.82) is 0 Å². The van der Waals surface area contributed by atoms with Gasteiger partial charge in [0, 0.05) is 12.5 Å². The summed E-state index contributed by atoms with van der Waals surface area (Å²) in [5.41, 5.74) is 2.61. The minimum atomic E-state index is -4.08. The molecular weight excluding hydrogens is 229 g/mol. The van der Waals surface area contributed by atoms with Crippen molar-refractivity contribution >= 4 is 0 Å². The molecule has 0 amide bonds. The quantitative estimate of drug-likeness (QED) is 0.581. The number of hydrogen-bond acceptors (Lipinski definition) is 2. The summed E-state index contributed by atoms with van der Waals surface area (Å²) in [6.07, 6.45) is 0.768. The Bertz CT molecular complexity index is 218. The van der Waals surface area contributed by atoms with Gasteiger partial charge >= 0.3 is 6.18 Å². The van der Waals surface area contributed by atoms with Crippen LogP contribution in [0.4, 0.5) is 13.2 Å². The fourth-order valence-corrected chi connectivity index (χ4v) is 3.01. The van der Waals surface area contributed by atoms with Crippen LogP contribution in [0.3, 0.4) is 0 Å². The number of hydrogen-bond donors (Lipinski definition) is 2. The maximum atomic E-state index is 12.2. The van der Waals surface area contributed by atoms with Crippen LogP contribution in [0.25, 0.3) is 0 Å². The molecule has 3 N–H and O–H groups in total. The molecule has 5 heteroatoms. The van der Waals surface area contributed by atoms with Gasteiger partial charge in [0.05, 0.1) is 0 Å². The van der Waals surface area contributed by atoms with Crippen molar-refractivity contribution in [3.63, 3.8) is 0 Å². The zero-order chi connectivity index (χ0) is 12.9. The third kappa shape index (κ3) is 4.84. The van der Waals surface area contributed by atoms with Crippen molar-refractivity contribution in [2.24, 2.45) is 17.7 Å². The largest absolute Gasteiger partial charge is 0.389 e. The van der Waals surface area contributed by atoms with E-state index in [2.05, 4.69) is 12.3 Å². The van der Waals surface area contributed by atoms with Gasteiger partial charge in [0.2, 0.25) is 0 Å². The van der Waals surface area contributed by atoms with Crippen molar-refractivity contribution in [1.82, 2.24) is 5.43 Å². The monoisotopic (exact) mass is 252 g/mol. The molecule has 1 saturated carbocycles. The summed E-state index contributed by atoms with van der Waals surface area (Å²) in [6, 6.07) is -0.193. The first-order valence-electron chi connectivity index (χ1n) is 6.50. The Morgan fingerprint density at radius 1 is 1.29 bits per heavy atom. The van der Waals surface area contributed by atoms with Gasteiger partial charge in [0.15, 0.2) is 0 Å². The smallest absolute Gasteiger partial charge is 0.271 e. The van der Waals surface area contributed by atoms with E-state index >= 15 is 0 Å². The second-order valence-electron chi connectivity index (χ2n) is 5.04. The van der Waals surface area contributed by atoms with E-state index in [0.29, 0.717) is 11.8 Å². The Hall–Kier alpha value is -0.290. The molecule has 0 heterocycles. The fraction of sp³-hybridized carbons (Fsp3) is 1.00. The van der Waals surface area contributed by atoms with Gasteiger partial charge in [-0.25, -0.2) is 0 Å². The molecule has 0 bridgehead atoms. The number of hydrazine groups is 1. The molecule has 0 aromatic carbocycles. The Balaban J connectivity index is 2.52. The molecule has 0 spiro atoms. The minimum Gasteiger partial charge on any atom is -0.271 e. The summed E-state index contributed by atoms with van der Waals surface area (Å²) in [6.45, 7) is 2.11. The predicted octanol–water partition coefficient (Wildman–Crippen LogP) is 3.38. The first-order valence-corrected chi connectivity index (χ1v) is 6.50. The van der Waals surface area contributed by atoms with Crippen LogP contribution in [0, 0.1) is 11.8 Å². The molecule has 0 saturated heterocycles. The highest BCUT2D eigenvalue weighted by molar-refractivity contribution is 4.84. The summed E-state index contributed by atoms with van der Waals surface area (Å²) < 4.78 is 36.7. The van der Waals surface area contributed by atoms with E-state index in [1.54, 1.807) is 0 Å². The molecule has 0 radical (unpaired) electrons. The third-order valence-corrected chi connectivity index (χ3v) is 3.96. The topological polar surface area (TPSA) is 38.0 Å². The molecule has 2 nitrogen and oxygen atoms in total. The van der Waals surface area contributed by atoms with Crippen LogP contribution in [0.1, 0.15) is 51.9 Å². The second-order valence-corrected chi connectivity index (χ2v) is 5.04. The van der Waals surface area contributed by atoms with Crippen LogP contribution in [0.15, 0.2) is 0 Å². The van der Waals surface area contributed by atoms with Gasteiger partial charge in [-0.15, -0.1) is 0 Å². The average Bonchev–Trinajstić information content (AvgIpc) is 2.29. The van der Waals surface area contributed by atoms with Gasteiger partial charge in [0.1, 0.15) is 0 Å². The van der Waals surface area contributed by atoms with Crippen molar-refractivity contribution in [2.45, 2.75) is 64.1 Å². The van der Waals surface area contributed by atoms with E-state index in [1.165, 1.54) is 6.42 Å². The average molecular weight is 252 g/mol. The van der Waals surface area contributed by atoms with E-state index < -0.39 is 12.6 Å². The van der Waals surface area contributed by atoms with Gasteiger partial charge < -0.3 is 0 Å². The normalized spacial score (nSPS) is 28.1. The SMILES string of the molecule is CCC1CCCCC1C(CCC(F)(F)F)NN. The van der Waals surface area contributed by atoms with E-state index in [-0.39, 0.29) is 12.5 Å². The lowest BCUT2D eigenvalue weighted by atomic mass is 9.73. The Labute approximate surface area is 101 Å². The lowest BCUT2D eigenvalue weighted by Crippen LogP contribution is -2.45. The van der Waals surface area contributed by atoms with Gasteiger partial charge in [-0.3, -0.25) is 11.3 Å². The van der Waals surface area contributed by atoms with Crippen LogP contribution >= 0.6 is 0 Å². The van der Waals surface area contributed by atoms with Crippen LogP contribution in [-0.2, 0) is 0 Å². The molecule has 1 fully saturated rings. The summed E-state index contributed by atoms with van der Waals surface area (Å²) in [5, 5.41) is 0. The van der Waals surface area contributed by atoms with Crippen molar-refractivity contribution in [3.8, 4) is 0 Å². The molecule has 1 aliphatic rings. The first kappa shape index (κ1) is 14.8. The summed E-state index contributed by atoms with van der Waals surface area (Å²) in [7, 11) is 0. The fourth-order valence-electron chi connectivity index (χ4n) is 3.01. The molecule has 1 rings (SSSR count). The lowest BCUT2D eigenvalue weighted by Gasteiger charge is -2.36. The van der Waals surface area contributed by atoms with E-state index in [4.69, 9.17) is 5.84 Å². The Kier molecular flexibility index (Phi) is 5.73. The first-order chi connectivity index (χ1) is 7.98. The van der Waals surface area contributed by atoms with E-state index in [0.717, 1.165) is 25.7 Å². The zero-order valence-corrected chi connectivity index (χ0v) is 10.4. The highest BCUT2D eigenvalue weighted by Gasteiger charge is 2.34. The van der Waals surface area contributed by atoms with Crippen LogP contribution in [-0.4, -0.2) is 12.2 Å². The minimum absolute atomic E-state index is 0.0984. The highest BCUT2D eigenvalue weighted by atomic mass is 19.4. The Morgan fingerprint density at radius 2 is 1.94 bits per heavy atom. The number of nitrogens with one attached hydrogen (secondary N) is 1. The lowest BCUT2D eigenvalue weighted by molar-refractivity contribution is -0.137. The Morgan fingerprint density at radius 3 is 2.47 bits per heavy atom. The number of alkyl halides is 3. The summed E-state index contributed by atoms with van der Waals surface area (Å²) in [5.74, 6) is 6.27. The van der Waals surface area contributed by atoms with Crippen molar-refractivity contribution in [3.05, 3.63) is 0 Å². The van der Waals surface area contributed by atoms with E-state index in [1.807, 2.05) is 0 Å². The van der Waals surface area contributed by atoms with Crippen LogP contribution in [0.5, 0.6) is 0 Å². The molecule has 0 aliphatic heterocycles. The maximum Gasteiger partial charge on any atom is 0.389 e. The van der Waals surface area contributed by atoms with E-state index in [9.17, 15) is 13.2 Å². The van der Waals surface area contributed by atoms with Crippen molar-refractivity contribution < 1.29 is 13.2 Å². The maximum absolute atomic E-state index is 12.2. The molecule has 0 aromatic rings. The molecule has 3 atom stereocenters. The van der Waals surface area contributed by atoms with Gasteiger partial charge in [-0.2, -0.15) is 13.2 Å². The standard InChI is InChI=1S/C12H23F3N2/c1-2-9-5-3-4-6-10(9)11(17-16)7-8-12(13,14)15/h9-11,17H,2-8,16H2,1H3. The molecular formula is C12H23F3N2. The molecule has 3 unspecified atom stereocenters. The van der Waals surface area contributed by atoms with Gasteiger partial charge in [-0.1, -0.05) is 32.6 Å². The number of rotatable bonds is 5. The summed E-state index contributed by atoms with van der Waals surface area (Å²) in [4.78, 5) is 0. The third-order valence-electron chi connectivity index (χ3n) is 3.96. The second kappa shape index (κ2) is 6.59. The zero-order valence-electron chi connectivity index (χ0n) is 10.4. The van der Waals surface area contributed by atoms with Gasteiger partial charge in [0.25, 0.3) is 0 Å². The molecule has 102 valence electrons. The number of nitrogens with two attached hydrogens (primary N) is 1. The van der Waals surface area contributed by atoms with Crippen molar-refractivity contribution in [2.75, 3.05) is 0 Å².